The third kappa shape index (κ3) is 2.36. The van der Waals surface area contributed by atoms with E-state index < -0.39 is 5.82 Å². The molecule has 23 heavy (non-hydrogen) atoms. The highest BCUT2D eigenvalue weighted by Crippen LogP contribution is 2.36. The van der Waals surface area contributed by atoms with Crippen molar-refractivity contribution in [3.8, 4) is 0 Å². The van der Waals surface area contributed by atoms with E-state index in [9.17, 15) is 14.5 Å². The first-order valence-corrected chi connectivity index (χ1v) is 7.38. The SMILES string of the molecule is O=[N+]([O-])c1ccc2c(c1)CC1CN(c3ncc(F)cn3)CCN21. The molecule has 8 heteroatoms. The summed E-state index contributed by atoms with van der Waals surface area (Å²) >= 11 is 0. The van der Waals surface area contributed by atoms with Crippen LogP contribution in [0, 0.1) is 15.9 Å². The van der Waals surface area contributed by atoms with Crippen LogP contribution in [0.25, 0.3) is 0 Å². The zero-order valence-corrected chi connectivity index (χ0v) is 12.2. The van der Waals surface area contributed by atoms with Gasteiger partial charge in [0.2, 0.25) is 5.95 Å². The van der Waals surface area contributed by atoms with Crippen LogP contribution >= 0.6 is 0 Å². The molecule has 0 saturated carbocycles. The smallest absolute Gasteiger partial charge is 0.269 e. The van der Waals surface area contributed by atoms with E-state index in [1.54, 1.807) is 12.1 Å². The van der Waals surface area contributed by atoms with Crippen molar-refractivity contribution < 1.29 is 9.31 Å². The maximum Gasteiger partial charge on any atom is 0.269 e. The van der Waals surface area contributed by atoms with Crippen molar-refractivity contribution in [2.45, 2.75) is 12.5 Å². The van der Waals surface area contributed by atoms with Gasteiger partial charge in [-0.15, -0.1) is 0 Å². The molecule has 7 nitrogen and oxygen atoms in total. The second-order valence-corrected chi connectivity index (χ2v) is 5.77. The van der Waals surface area contributed by atoms with Crippen LogP contribution in [0.2, 0.25) is 0 Å². The molecule has 0 amide bonds. The van der Waals surface area contributed by atoms with Crippen LogP contribution in [-0.4, -0.2) is 40.6 Å². The highest BCUT2D eigenvalue weighted by Gasteiger charge is 2.35. The lowest BCUT2D eigenvalue weighted by atomic mass is 10.1. The predicted octanol–water partition coefficient (Wildman–Crippen LogP) is 1.78. The maximum atomic E-state index is 12.9. The topological polar surface area (TPSA) is 75.4 Å². The molecule has 3 heterocycles. The Balaban J connectivity index is 1.56. The van der Waals surface area contributed by atoms with Gasteiger partial charge in [-0.25, -0.2) is 14.4 Å². The number of rotatable bonds is 2. The zero-order valence-electron chi connectivity index (χ0n) is 12.2. The van der Waals surface area contributed by atoms with E-state index in [1.807, 2.05) is 11.0 Å². The normalized spacial score (nSPS) is 19.4. The van der Waals surface area contributed by atoms with Crippen molar-refractivity contribution in [3.05, 3.63) is 52.1 Å². The summed E-state index contributed by atoms with van der Waals surface area (Å²) in [6.07, 6.45) is 3.09. The monoisotopic (exact) mass is 315 g/mol. The van der Waals surface area contributed by atoms with Crippen molar-refractivity contribution in [2.24, 2.45) is 0 Å². The van der Waals surface area contributed by atoms with Crippen LogP contribution in [-0.2, 0) is 6.42 Å². The number of piperazine rings is 1. The molecule has 2 aliphatic heterocycles. The number of hydrogen-bond acceptors (Lipinski definition) is 6. The van der Waals surface area contributed by atoms with E-state index >= 15 is 0 Å². The van der Waals surface area contributed by atoms with Gasteiger partial charge in [0.05, 0.1) is 23.4 Å². The lowest BCUT2D eigenvalue weighted by molar-refractivity contribution is -0.384. The molecule has 0 aliphatic carbocycles. The van der Waals surface area contributed by atoms with Crippen LogP contribution < -0.4 is 9.80 Å². The number of aromatic nitrogens is 2. The molecule has 1 fully saturated rings. The molecule has 2 aliphatic rings. The summed E-state index contributed by atoms with van der Waals surface area (Å²) in [5.74, 6) is 0.0703. The van der Waals surface area contributed by atoms with Gasteiger partial charge in [0.15, 0.2) is 5.82 Å². The minimum Gasteiger partial charge on any atom is -0.364 e. The highest BCUT2D eigenvalue weighted by atomic mass is 19.1. The minimum absolute atomic E-state index is 0.127. The number of benzene rings is 1. The van der Waals surface area contributed by atoms with Gasteiger partial charge in [-0.3, -0.25) is 10.1 Å². The van der Waals surface area contributed by atoms with Gasteiger partial charge in [-0.05, 0) is 18.1 Å². The van der Waals surface area contributed by atoms with Crippen LogP contribution in [0.15, 0.2) is 30.6 Å². The van der Waals surface area contributed by atoms with Crippen molar-refractivity contribution >= 4 is 17.3 Å². The molecule has 1 aromatic carbocycles. The van der Waals surface area contributed by atoms with Gasteiger partial charge in [0, 0.05) is 37.5 Å². The molecule has 118 valence electrons. The third-order valence-electron chi connectivity index (χ3n) is 4.41. The van der Waals surface area contributed by atoms with E-state index in [0.717, 1.165) is 30.8 Å². The molecule has 0 N–H and O–H groups in total. The molecule has 1 saturated heterocycles. The van der Waals surface area contributed by atoms with Crippen molar-refractivity contribution in [2.75, 3.05) is 29.4 Å². The average Bonchev–Trinajstić information content (AvgIpc) is 2.92. The largest absolute Gasteiger partial charge is 0.364 e. The first kappa shape index (κ1) is 13.9. The number of nitro groups is 1. The molecule has 0 radical (unpaired) electrons. The van der Waals surface area contributed by atoms with Crippen molar-refractivity contribution in [1.29, 1.82) is 0 Å². The van der Waals surface area contributed by atoms with Crippen LogP contribution in [0.5, 0.6) is 0 Å². The Morgan fingerprint density at radius 1 is 1.26 bits per heavy atom. The summed E-state index contributed by atoms with van der Waals surface area (Å²) in [6.45, 7) is 2.24. The molecule has 1 aromatic heterocycles. The maximum absolute atomic E-state index is 12.9. The van der Waals surface area contributed by atoms with Gasteiger partial charge in [0.1, 0.15) is 0 Å². The fraction of sp³-hybridized carbons (Fsp3) is 0.333. The Labute approximate surface area is 131 Å². The van der Waals surface area contributed by atoms with E-state index in [4.69, 9.17) is 0 Å². The Hall–Kier alpha value is -2.77. The fourth-order valence-electron chi connectivity index (χ4n) is 3.38. The summed E-state index contributed by atoms with van der Waals surface area (Å²) < 4.78 is 12.9. The predicted molar refractivity (Wildman–Crippen MR) is 82.1 cm³/mol. The van der Waals surface area contributed by atoms with Crippen LogP contribution in [0.4, 0.5) is 21.7 Å². The van der Waals surface area contributed by atoms with Crippen molar-refractivity contribution in [1.82, 2.24) is 9.97 Å². The number of nitrogens with zero attached hydrogens (tertiary/aromatic N) is 5. The van der Waals surface area contributed by atoms with E-state index in [1.165, 1.54) is 12.4 Å². The first-order valence-electron chi connectivity index (χ1n) is 7.38. The highest BCUT2D eigenvalue weighted by molar-refractivity contribution is 5.64. The van der Waals surface area contributed by atoms with Crippen molar-refractivity contribution in [3.63, 3.8) is 0 Å². The summed E-state index contributed by atoms with van der Waals surface area (Å²) in [4.78, 5) is 22.9. The molecule has 0 spiro atoms. The number of fused-ring (bicyclic) bond motifs is 3. The van der Waals surface area contributed by atoms with E-state index in [2.05, 4.69) is 14.9 Å². The molecule has 1 unspecified atom stereocenters. The molecular formula is C15H14FN5O2. The quantitative estimate of drug-likeness (QED) is 0.621. The van der Waals surface area contributed by atoms with E-state index in [-0.39, 0.29) is 16.7 Å². The Morgan fingerprint density at radius 3 is 2.78 bits per heavy atom. The van der Waals surface area contributed by atoms with Gasteiger partial charge in [-0.2, -0.15) is 0 Å². The number of anilines is 2. The molecule has 1 atom stereocenters. The Kier molecular flexibility index (Phi) is 3.10. The van der Waals surface area contributed by atoms with Gasteiger partial charge in [-0.1, -0.05) is 0 Å². The second-order valence-electron chi connectivity index (χ2n) is 5.77. The Bertz CT molecular complexity index is 767. The van der Waals surface area contributed by atoms with Crippen LogP contribution in [0.1, 0.15) is 5.56 Å². The minimum atomic E-state index is -0.451. The number of halogens is 1. The lowest BCUT2D eigenvalue weighted by Crippen LogP contribution is -2.52. The summed E-state index contributed by atoms with van der Waals surface area (Å²) in [7, 11) is 0. The third-order valence-corrected chi connectivity index (χ3v) is 4.41. The fourth-order valence-corrected chi connectivity index (χ4v) is 3.38. The van der Waals surface area contributed by atoms with E-state index in [0.29, 0.717) is 12.5 Å². The standard InChI is InChI=1S/C15H14FN5O2/c16-11-7-17-15(18-8-11)19-3-4-20-13(9-19)6-10-5-12(21(22)23)1-2-14(10)20/h1-2,5,7-8,13H,3-4,6,9H2. The van der Waals surface area contributed by atoms with Gasteiger partial charge < -0.3 is 9.80 Å². The lowest BCUT2D eigenvalue weighted by Gasteiger charge is -2.39. The van der Waals surface area contributed by atoms with Crippen LogP contribution in [0.3, 0.4) is 0 Å². The molecule has 2 aromatic rings. The van der Waals surface area contributed by atoms with Gasteiger partial charge in [0.25, 0.3) is 5.69 Å². The molecule has 4 rings (SSSR count). The number of non-ortho nitro benzene ring substituents is 1. The summed E-state index contributed by atoms with van der Waals surface area (Å²) in [5, 5.41) is 10.9. The summed E-state index contributed by atoms with van der Waals surface area (Å²) in [6, 6.07) is 5.27. The molecular weight excluding hydrogens is 301 g/mol. The van der Waals surface area contributed by atoms with Gasteiger partial charge >= 0.3 is 0 Å². The molecule has 0 bridgehead atoms. The summed E-state index contributed by atoms with van der Waals surface area (Å²) in [5.41, 5.74) is 2.20. The second kappa shape index (κ2) is 5.15. The average molecular weight is 315 g/mol. The first-order chi connectivity index (χ1) is 11.1. The Morgan fingerprint density at radius 2 is 2.04 bits per heavy atom. The number of hydrogen-bond donors (Lipinski definition) is 0. The number of nitro benzene ring substituents is 1. The zero-order chi connectivity index (χ0) is 16.0.